The van der Waals surface area contributed by atoms with E-state index >= 15 is 0 Å². The van der Waals surface area contributed by atoms with Crippen molar-refractivity contribution in [3.63, 3.8) is 0 Å². The Morgan fingerprint density at radius 3 is 2.67 bits per heavy atom. The lowest BCUT2D eigenvalue weighted by molar-refractivity contribution is -0.144. The maximum Gasteiger partial charge on any atom is 0.310 e. The summed E-state index contributed by atoms with van der Waals surface area (Å²) >= 11 is 0. The Morgan fingerprint density at radius 2 is 1.96 bits per heavy atom. The molecule has 0 bridgehead atoms. The van der Waals surface area contributed by atoms with Crippen LogP contribution in [0.2, 0.25) is 0 Å². The van der Waals surface area contributed by atoms with E-state index in [1.54, 1.807) is 19.1 Å². The molecule has 27 heavy (non-hydrogen) atoms. The van der Waals surface area contributed by atoms with Crippen molar-refractivity contribution in [1.29, 1.82) is 0 Å². The highest BCUT2D eigenvalue weighted by molar-refractivity contribution is 5.75. The van der Waals surface area contributed by atoms with Gasteiger partial charge < -0.3 is 14.6 Å². The number of aromatic hydroxyl groups is 1. The molecular weight excluding hydrogens is 346 g/mol. The molecular formula is C20H21N3O4. The van der Waals surface area contributed by atoms with Crippen LogP contribution in [0.3, 0.4) is 0 Å². The Morgan fingerprint density at radius 1 is 1.22 bits per heavy atom. The van der Waals surface area contributed by atoms with E-state index in [2.05, 4.69) is 16.8 Å². The van der Waals surface area contributed by atoms with Gasteiger partial charge in [0.25, 0.3) is 0 Å². The van der Waals surface area contributed by atoms with E-state index in [9.17, 15) is 9.90 Å². The van der Waals surface area contributed by atoms with Crippen LogP contribution in [0.25, 0.3) is 16.7 Å². The fourth-order valence-corrected chi connectivity index (χ4v) is 2.62. The molecule has 0 aliphatic carbocycles. The van der Waals surface area contributed by atoms with E-state index in [4.69, 9.17) is 9.47 Å². The van der Waals surface area contributed by atoms with Crippen molar-refractivity contribution in [2.45, 2.75) is 26.9 Å². The topological polar surface area (TPSA) is 86.5 Å². The second kappa shape index (κ2) is 7.49. The van der Waals surface area contributed by atoms with Gasteiger partial charge in [-0.2, -0.15) is 0 Å². The SMILES string of the molecule is C=C(C)CC(=O)OCc1cc(OC)cc(-n2nc3ccc(C)cc3n2)c1O. The maximum absolute atomic E-state index is 11.8. The van der Waals surface area contributed by atoms with Gasteiger partial charge in [0.2, 0.25) is 0 Å². The molecule has 3 aromatic rings. The molecule has 0 fully saturated rings. The van der Waals surface area contributed by atoms with E-state index in [1.807, 2.05) is 25.1 Å². The van der Waals surface area contributed by atoms with Crippen molar-refractivity contribution < 1.29 is 19.4 Å². The summed E-state index contributed by atoms with van der Waals surface area (Å²) in [6, 6.07) is 8.96. The zero-order valence-corrected chi connectivity index (χ0v) is 15.5. The Hall–Kier alpha value is -3.35. The minimum Gasteiger partial charge on any atom is -0.505 e. The van der Waals surface area contributed by atoms with E-state index in [1.165, 1.54) is 11.9 Å². The predicted octanol–water partition coefficient (Wildman–Crippen LogP) is 3.45. The predicted molar refractivity (Wildman–Crippen MR) is 101 cm³/mol. The molecule has 7 heteroatoms. The summed E-state index contributed by atoms with van der Waals surface area (Å²) in [7, 11) is 1.52. The number of rotatable bonds is 6. The van der Waals surface area contributed by atoms with Crippen LogP contribution in [0, 0.1) is 6.92 Å². The first-order valence-corrected chi connectivity index (χ1v) is 8.41. The standard InChI is InChI=1S/C20H21N3O4/c1-12(2)7-19(24)27-11-14-9-15(26-4)10-18(20(14)25)23-21-16-6-5-13(3)8-17(16)22-23/h5-6,8-10,25H,1,7,11H2,2-4H3. The third kappa shape index (κ3) is 4.08. The quantitative estimate of drug-likeness (QED) is 0.530. The van der Waals surface area contributed by atoms with Crippen LogP contribution in [0.5, 0.6) is 11.5 Å². The van der Waals surface area contributed by atoms with Gasteiger partial charge in [-0.1, -0.05) is 18.2 Å². The molecule has 0 saturated carbocycles. The van der Waals surface area contributed by atoms with Gasteiger partial charge in [-0.25, -0.2) is 0 Å². The number of fused-ring (bicyclic) bond motifs is 1. The molecule has 1 heterocycles. The number of esters is 1. The van der Waals surface area contributed by atoms with Crippen LogP contribution in [0.15, 0.2) is 42.5 Å². The molecule has 0 radical (unpaired) electrons. The van der Waals surface area contributed by atoms with E-state index in [0.29, 0.717) is 33.6 Å². The van der Waals surface area contributed by atoms with Crippen molar-refractivity contribution in [1.82, 2.24) is 15.0 Å². The zero-order chi connectivity index (χ0) is 19.6. The van der Waals surface area contributed by atoms with Crippen LogP contribution < -0.4 is 4.74 Å². The lowest BCUT2D eigenvalue weighted by Gasteiger charge is -2.12. The number of nitrogens with zero attached hydrogens (tertiary/aromatic N) is 3. The van der Waals surface area contributed by atoms with Crippen molar-refractivity contribution in [2.24, 2.45) is 0 Å². The van der Waals surface area contributed by atoms with Gasteiger partial charge in [-0.3, -0.25) is 4.79 Å². The number of hydrogen-bond donors (Lipinski definition) is 1. The van der Waals surface area contributed by atoms with Crippen LogP contribution in [-0.2, 0) is 16.1 Å². The monoisotopic (exact) mass is 367 g/mol. The summed E-state index contributed by atoms with van der Waals surface area (Å²) in [6.45, 7) is 7.31. The molecule has 3 rings (SSSR count). The number of carbonyl (C=O) groups excluding carboxylic acids is 1. The second-order valence-corrected chi connectivity index (χ2v) is 6.43. The van der Waals surface area contributed by atoms with Crippen LogP contribution in [0.1, 0.15) is 24.5 Å². The molecule has 2 aromatic carbocycles. The third-order valence-corrected chi connectivity index (χ3v) is 3.96. The van der Waals surface area contributed by atoms with Crippen LogP contribution >= 0.6 is 0 Å². The van der Waals surface area contributed by atoms with Gasteiger partial charge in [-0.15, -0.1) is 15.0 Å². The molecule has 1 N–H and O–H groups in total. The largest absolute Gasteiger partial charge is 0.505 e. The van der Waals surface area contributed by atoms with Gasteiger partial charge in [0, 0.05) is 11.6 Å². The molecule has 0 unspecified atom stereocenters. The van der Waals surface area contributed by atoms with Gasteiger partial charge in [0.05, 0.1) is 13.5 Å². The Kier molecular flexibility index (Phi) is 5.12. The third-order valence-electron chi connectivity index (χ3n) is 3.96. The summed E-state index contributed by atoms with van der Waals surface area (Å²) in [5.41, 5.74) is 3.93. The number of aryl methyl sites for hydroxylation is 1. The van der Waals surface area contributed by atoms with Gasteiger partial charge in [0.1, 0.15) is 34.8 Å². The number of benzene rings is 2. The number of phenolic OH excluding ortho intramolecular Hbond substituents is 1. The minimum absolute atomic E-state index is 0.0732. The number of ether oxygens (including phenoxy) is 2. The molecule has 0 aliphatic rings. The Balaban J connectivity index is 1.96. The van der Waals surface area contributed by atoms with Crippen molar-refractivity contribution in [2.75, 3.05) is 7.11 Å². The van der Waals surface area contributed by atoms with Crippen molar-refractivity contribution >= 4 is 17.0 Å². The second-order valence-electron chi connectivity index (χ2n) is 6.43. The number of carbonyl (C=O) groups is 1. The summed E-state index contributed by atoms with van der Waals surface area (Å²) in [5.74, 6) is 0.00642. The average molecular weight is 367 g/mol. The van der Waals surface area contributed by atoms with Crippen molar-refractivity contribution in [3.05, 3.63) is 53.6 Å². The van der Waals surface area contributed by atoms with Gasteiger partial charge in [-0.05, 0) is 37.6 Å². The first-order valence-electron chi connectivity index (χ1n) is 8.41. The highest BCUT2D eigenvalue weighted by Crippen LogP contribution is 2.32. The molecule has 0 aliphatic heterocycles. The highest BCUT2D eigenvalue weighted by atomic mass is 16.5. The van der Waals surface area contributed by atoms with Gasteiger partial charge in [0.15, 0.2) is 0 Å². The number of methoxy groups -OCH3 is 1. The Bertz CT molecular complexity index is 1020. The zero-order valence-electron chi connectivity index (χ0n) is 15.5. The number of phenols is 1. The molecule has 7 nitrogen and oxygen atoms in total. The average Bonchev–Trinajstić information content (AvgIpc) is 3.03. The van der Waals surface area contributed by atoms with E-state index < -0.39 is 5.97 Å². The first kappa shape index (κ1) is 18.4. The Labute approximate surface area is 156 Å². The molecule has 0 saturated heterocycles. The molecule has 140 valence electrons. The highest BCUT2D eigenvalue weighted by Gasteiger charge is 2.16. The number of aromatic nitrogens is 3. The molecule has 0 spiro atoms. The smallest absolute Gasteiger partial charge is 0.310 e. The lowest BCUT2D eigenvalue weighted by Crippen LogP contribution is -2.07. The maximum atomic E-state index is 11.8. The fourth-order valence-electron chi connectivity index (χ4n) is 2.62. The normalized spacial score (nSPS) is 10.8. The number of hydrogen-bond acceptors (Lipinski definition) is 6. The summed E-state index contributed by atoms with van der Waals surface area (Å²) < 4.78 is 10.5. The summed E-state index contributed by atoms with van der Waals surface area (Å²) in [5, 5.41) is 19.5. The lowest BCUT2D eigenvalue weighted by atomic mass is 10.1. The fraction of sp³-hybridized carbons (Fsp3) is 0.250. The van der Waals surface area contributed by atoms with Crippen molar-refractivity contribution in [3.8, 4) is 17.2 Å². The first-order chi connectivity index (χ1) is 12.9. The van der Waals surface area contributed by atoms with E-state index in [-0.39, 0.29) is 18.8 Å². The van der Waals surface area contributed by atoms with Crippen LogP contribution in [0.4, 0.5) is 0 Å². The molecule has 1 aromatic heterocycles. The minimum atomic E-state index is -0.412. The van der Waals surface area contributed by atoms with E-state index in [0.717, 1.165) is 5.56 Å². The summed E-state index contributed by atoms with van der Waals surface area (Å²) in [4.78, 5) is 13.1. The van der Waals surface area contributed by atoms with Crippen LogP contribution in [-0.4, -0.2) is 33.2 Å². The summed E-state index contributed by atoms with van der Waals surface area (Å²) in [6.07, 6.45) is 0.128. The molecule has 0 atom stereocenters. The van der Waals surface area contributed by atoms with Gasteiger partial charge >= 0.3 is 5.97 Å². The molecule has 0 amide bonds.